The van der Waals surface area contributed by atoms with Crippen molar-refractivity contribution in [3.8, 4) is 0 Å². The van der Waals surface area contributed by atoms with Crippen LogP contribution in [0, 0.1) is 0 Å². The van der Waals surface area contributed by atoms with E-state index in [1.807, 2.05) is 11.9 Å². The molecule has 4 rings (SSSR count). The predicted octanol–water partition coefficient (Wildman–Crippen LogP) is 2.94. The summed E-state index contributed by atoms with van der Waals surface area (Å²) in [5.41, 5.74) is 0.464. The van der Waals surface area contributed by atoms with Gasteiger partial charge in [0.15, 0.2) is 0 Å². The third-order valence-corrected chi connectivity index (χ3v) is 7.78. The lowest BCUT2D eigenvalue weighted by molar-refractivity contribution is 0.311. The van der Waals surface area contributed by atoms with Crippen LogP contribution in [0.3, 0.4) is 0 Å². The van der Waals surface area contributed by atoms with Crippen LogP contribution in [0.4, 0.5) is 17.6 Å². The summed E-state index contributed by atoms with van der Waals surface area (Å²) in [6, 6.07) is 4.13. The number of likely N-dealkylation sites (N-methyl/N-ethyl adjacent to an activating group) is 1. The number of hydrogen-bond acceptors (Lipinski definition) is 10. The van der Waals surface area contributed by atoms with E-state index < -0.39 is 25.1 Å². The molecule has 0 radical (unpaired) electrons. The molecule has 1 fully saturated rings. The Labute approximate surface area is 225 Å². The van der Waals surface area contributed by atoms with Crippen LogP contribution in [0.15, 0.2) is 64.0 Å². The maximum atomic E-state index is 12.2. The first-order valence-electron chi connectivity index (χ1n) is 11.4. The van der Waals surface area contributed by atoms with Crippen LogP contribution >= 0.6 is 11.6 Å². The number of benzene rings is 1. The van der Waals surface area contributed by atoms with Crippen molar-refractivity contribution in [1.82, 2.24) is 19.9 Å². The third kappa shape index (κ3) is 7.03. The van der Waals surface area contributed by atoms with Crippen molar-refractivity contribution in [2.24, 2.45) is 0 Å². The SMILES string of the molecule is CN1CCN(c2nc(Cl)nc(Nc3ccc(/C=C/C4=C(S(=O)(=O)O)C=CCC=C4)c(S(=O)(=O)O)c3)n2)CC1. The van der Waals surface area contributed by atoms with Gasteiger partial charge in [-0.05, 0) is 54.4 Å². The van der Waals surface area contributed by atoms with E-state index in [9.17, 15) is 25.9 Å². The van der Waals surface area contributed by atoms with Gasteiger partial charge in [0.25, 0.3) is 20.2 Å². The smallest absolute Gasteiger partial charge is 0.295 e. The predicted molar refractivity (Wildman–Crippen MR) is 145 cm³/mol. The van der Waals surface area contributed by atoms with Crippen LogP contribution in [0.25, 0.3) is 6.08 Å². The fourth-order valence-corrected chi connectivity index (χ4v) is 5.39. The zero-order valence-corrected chi connectivity index (χ0v) is 22.6. The maximum Gasteiger partial charge on any atom is 0.295 e. The van der Waals surface area contributed by atoms with Gasteiger partial charge in [-0.15, -0.1) is 0 Å². The molecule has 3 N–H and O–H groups in total. The van der Waals surface area contributed by atoms with Crippen molar-refractivity contribution >= 4 is 55.5 Å². The Hall–Kier alpha value is -3.14. The fraction of sp³-hybridized carbons (Fsp3) is 0.261. The van der Waals surface area contributed by atoms with E-state index in [4.69, 9.17) is 11.6 Å². The Morgan fingerprint density at radius 3 is 2.34 bits per heavy atom. The highest BCUT2D eigenvalue weighted by Gasteiger charge is 2.20. The van der Waals surface area contributed by atoms with Crippen LogP contribution in [-0.4, -0.2) is 79.0 Å². The number of anilines is 3. The summed E-state index contributed by atoms with van der Waals surface area (Å²) < 4.78 is 67.3. The molecular weight excluding hydrogens is 556 g/mol. The zero-order valence-electron chi connectivity index (χ0n) is 20.2. The Balaban J connectivity index is 1.65. The Morgan fingerprint density at radius 1 is 0.947 bits per heavy atom. The summed E-state index contributed by atoms with van der Waals surface area (Å²) in [6.45, 7) is 3.05. The van der Waals surface area contributed by atoms with Crippen LogP contribution in [0.5, 0.6) is 0 Å². The number of aromatic nitrogens is 3. The average molecular weight is 581 g/mol. The van der Waals surface area contributed by atoms with Gasteiger partial charge in [0.2, 0.25) is 17.2 Å². The van der Waals surface area contributed by atoms with Gasteiger partial charge in [0.05, 0.1) is 0 Å². The first-order chi connectivity index (χ1) is 17.9. The van der Waals surface area contributed by atoms with Crippen molar-refractivity contribution in [3.05, 3.63) is 69.9 Å². The quantitative estimate of drug-likeness (QED) is 0.410. The molecule has 1 saturated heterocycles. The first kappa shape index (κ1) is 27.9. The van der Waals surface area contributed by atoms with E-state index in [1.165, 1.54) is 42.5 Å². The zero-order chi connectivity index (χ0) is 27.5. The highest BCUT2D eigenvalue weighted by atomic mass is 35.5. The Morgan fingerprint density at radius 2 is 1.66 bits per heavy atom. The molecule has 0 spiro atoms. The molecule has 202 valence electrons. The molecule has 0 unspecified atom stereocenters. The number of rotatable bonds is 7. The van der Waals surface area contributed by atoms with Gasteiger partial charge >= 0.3 is 0 Å². The standard InChI is InChI=1S/C23H25ClN6O6S2/c1-29-11-13-30(14-12-29)23-27-21(24)26-22(28-23)25-18-10-9-17(20(15-18)38(34,35)36)8-7-16-5-3-2-4-6-19(16)37(31,32)33/h3-10,15H,2,11-14H2,1H3,(H,31,32,33)(H,34,35,36)(H,25,26,27,28)/b8-7+. The minimum Gasteiger partial charge on any atom is -0.338 e. The van der Waals surface area contributed by atoms with Crippen molar-refractivity contribution in [2.75, 3.05) is 43.4 Å². The summed E-state index contributed by atoms with van der Waals surface area (Å²) in [4.78, 5) is 16.0. The number of hydrogen-bond donors (Lipinski definition) is 3. The second kappa shape index (κ2) is 11.3. The third-order valence-electron chi connectivity index (χ3n) is 5.77. The number of nitrogens with zero attached hydrogens (tertiary/aromatic N) is 5. The molecule has 1 aliphatic carbocycles. The van der Waals surface area contributed by atoms with E-state index in [-0.39, 0.29) is 33.0 Å². The number of halogens is 1. The van der Waals surface area contributed by atoms with Gasteiger partial charge in [-0.2, -0.15) is 31.8 Å². The highest BCUT2D eigenvalue weighted by Crippen LogP contribution is 2.26. The summed E-state index contributed by atoms with van der Waals surface area (Å²) in [7, 11) is -7.19. The number of nitrogens with one attached hydrogen (secondary N) is 1. The van der Waals surface area contributed by atoms with Crippen LogP contribution in [0.2, 0.25) is 5.28 Å². The van der Waals surface area contributed by atoms with E-state index in [0.717, 1.165) is 13.1 Å². The molecule has 1 aliphatic heterocycles. The van der Waals surface area contributed by atoms with Crippen LogP contribution in [0.1, 0.15) is 12.0 Å². The van der Waals surface area contributed by atoms with Gasteiger partial charge in [0, 0.05) is 31.9 Å². The van der Waals surface area contributed by atoms with Crippen molar-refractivity contribution < 1.29 is 25.9 Å². The van der Waals surface area contributed by atoms with Gasteiger partial charge in [-0.1, -0.05) is 36.4 Å². The van der Waals surface area contributed by atoms with Crippen molar-refractivity contribution in [1.29, 1.82) is 0 Å². The van der Waals surface area contributed by atoms with E-state index in [0.29, 0.717) is 25.5 Å². The lowest BCUT2D eigenvalue weighted by Gasteiger charge is -2.32. The van der Waals surface area contributed by atoms with Crippen LogP contribution in [-0.2, 0) is 20.2 Å². The molecule has 0 bridgehead atoms. The molecule has 0 atom stereocenters. The fourth-order valence-electron chi connectivity index (χ4n) is 3.82. The monoisotopic (exact) mass is 580 g/mol. The summed E-state index contributed by atoms with van der Waals surface area (Å²) in [5, 5.41) is 2.85. The van der Waals surface area contributed by atoms with Gasteiger partial charge < -0.3 is 15.1 Å². The number of piperazine rings is 1. The van der Waals surface area contributed by atoms with E-state index >= 15 is 0 Å². The molecule has 12 nitrogen and oxygen atoms in total. The van der Waals surface area contributed by atoms with Gasteiger partial charge in [-0.3, -0.25) is 9.11 Å². The summed E-state index contributed by atoms with van der Waals surface area (Å²) >= 11 is 6.10. The second-order valence-corrected chi connectivity index (χ2v) is 11.7. The van der Waals surface area contributed by atoms with Gasteiger partial charge in [0.1, 0.15) is 9.80 Å². The average Bonchev–Trinajstić information content (AvgIpc) is 3.08. The molecule has 2 aromatic rings. The van der Waals surface area contributed by atoms with Crippen molar-refractivity contribution in [2.45, 2.75) is 11.3 Å². The normalized spacial score (nSPS) is 17.3. The molecule has 0 amide bonds. The highest BCUT2D eigenvalue weighted by molar-refractivity contribution is 7.90. The number of allylic oxidation sites excluding steroid dienone is 6. The summed E-state index contributed by atoms with van der Waals surface area (Å²) in [5.74, 6) is 0.463. The second-order valence-electron chi connectivity index (χ2n) is 8.54. The molecule has 15 heteroatoms. The molecule has 1 aromatic carbocycles. The molecule has 2 heterocycles. The first-order valence-corrected chi connectivity index (χ1v) is 14.6. The largest absolute Gasteiger partial charge is 0.338 e. The minimum absolute atomic E-state index is 0.0422. The molecule has 2 aliphatic rings. The van der Waals surface area contributed by atoms with Crippen LogP contribution < -0.4 is 10.2 Å². The summed E-state index contributed by atoms with van der Waals surface area (Å²) in [6.07, 6.45) is 9.11. The topological polar surface area (TPSA) is 166 Å². The molecular formula is C23H25ClN6O6S2. The van der Waals surface area contributed by atoms with Crippen molar-refractivity contribution in [3.63, 3.8) is 0 Å². The Bertz CT molecular complexity index is 1560. The lowest BCUT2D eigenvalue weighted by Crippen LogP contribution is -2.45. The molecule has 0 saturated carbocycles. The Kier molecular flexibility index (Phi) is 8.30. The molecule has 1 aromatic heterocycles. The van der Waals surface area contributed by atoms with E-state index in [1.54, 1.807) is 12.2 Å². The molecule has 38 heavy (non-hydrogen) atoms. The van der Waals surface area contributed by atoms with Gasteiger partial charge in [-0.25, -0.2) is 0 Å². The maximum absolute atomic E-state index is 12.2. The minimum atomic E-state index is -4.69. The lowest BCUT2D eigenvalue weighted by atomic mass is 10.1. The van der Waals surface area contributed by atoms with E-state index in [2.05, 4.69) is 25.2 Å².